The normalized spacial score (nSPS) is 10.4. The second kappa shape index (κ2) is 8.23. The van der Waals surface area contributed by atoms with Gasteiger partial charge in [0.15, 0.2) is 11.6 Å². The molecule has 0 fully saturated rings. The monoisotopic (exact) mass is 347 g/mol. The zero-order chi connectivity index (χ0) is 18.4. The topological polar surface area (TPSA) is 75.4 Å². The van der Waals surface area contributed by atoms with E-state index in [0.717, 1.165) is 17.7 Å². The first kappa shape index (κ1) is 18.4. The van der Waals surface area contributed by atoms with Crippen LogP contribution in [0.25, 0.3) is 0 Å². The number of nitrogens with zero attached hydrogens (tertiary/aromatic N) is 1. The molecule has 3 amide bonds. The van der Waals surface area contributed by atoms with Crippen LogP contribution in [0.1, 0.15) is 28.4 Å². The molecule has 0 unspecified atom stereocenters. The summed E-state index contributed by atoms with van der Waals surface area (Å²) in [5.74, 6) is -2.08. The van der Waals surface area contributed by atoms with Crippen LogP contribution in [-0.2, 0) is 13.1 Å². The third-order valence-corrected chi connectivity index (χ3v) is 3.69. The minimum atomic E-state index is -0.938. The molecule has 5 nitrogen and oxygen atoms in total. The highest BCUT2D eigenvalue weighted by Gasteiger charge is 2.15. The number of amides is 3. The Hall–Kier alpha value is -2.96. The van der Waals surface area contributed by atoms with Gasteiger partial charge in [0, 0.05) is 25.2 Å². The van der Waals surface area contributed by atoms with Gasteiger partial charge in [0.2, 0.25) is 0 Å². The quantitative estimate of drug-likeness (QED) is 0.843. The Labute approximate surface area is 144 Å². The molecule has 25 heavy (non-hydrogen) atoms. The maximum absolute atomic E-state index is 13.3. The van der Waals surface area contributed by atoms with Crippen LogP contribution >= 0.6 is 0 Å². The van der Waals surface area contributed by atoms with Crippen molar-refractivity contribution in [2.45, 2.75) is 20.0 Å². The number of hydrogen-bond donors (Lipinski definition) is 2. The number of carbonyl (C=O) groups is 2. The molecule has 0 radical (unpaired) electrons. The summed E-state index contributed by atoms with van der Waals surface area (Å²) in [6.45, 7) is 2.68. The van der Waals surface area contributed by atoms with Crippen molar-refractivity contribution in [2.24, 2.45) is 5.73 Å². The first-order valence-electron chi connectivity index (χ1n) is 7.76. The number of urea groups is 1. The molecule has 0 aromatic heterocycles. The second-order valence-corrected chi connectivity index (χ2v) is 5.48. The highest BCUT2D eigenvalue weighted by molar-refractivity contribution is 5.94. The Balaban J connectivity index is 2.07. The summed E-state index contributed by atoms with van der Waals surface area (Å²) in [6, 6.07) is 9.69. The van der Waals surface area contributed by atoms with Crippen LogP contribution in [0.5, 0.6) is 0 Å². The van der Waals surface area contributed by atoms with E-state index in [4.69, 9.17) is 5.73 Å². The number of rotatable bonds is 6. The molecule has 2 aromatic rings. The molecule has 0 spiro atoms. The lowest BCUT2D eigenvalue weighted by Gasteiger charge is -2.21. The number of benzene rings is 2. The van der Waals surface area contributed by atoms with Crippen LogP contribution in [0.4, 0.5) is 13.6 Å². The summed E-state index contributed by atoms with van der Waals surface area (Å²) >= 11 is 0. The van der Waals surface area contributed by atoms with Gasteiger partial charge in [-0.3, -0.25) is 4.79 Å². The highest BCUT2D eigenvalue weighted by atomic mass is 19.2. The first-order chi connectivity index (χ1) is 11.9. The molecule has 0 aliphatic carbocycles. The molecule has 0 bridgehead atoms. The molecule has 3 N–H and O–H groups in total. The molecule has 0 saturated heterocycles. The maximum atomic E-state index is 13.3. The van der Waals surface area contributed by atoms with Crippen LogP contribution in [0.2, 0.25) is 0 Å². The second-order valence-electron chi connectivity index (χ2n) is 5.48. The van der Waals surface area contributed by atoms with Crippen molar-refractivity contribution < 1.29 is 18.4 Å². The van der Waals surface area contributed by atoms with E-state index < -0.39 is 17.7 Å². The van der Waals surface area contributed by atoms with Crippen molar-refractivity contribution in [1.29, 1.82) is 0 Å². The van der Waals surface area contributed by atoms with E-state index in [0.29, 0.717) is 17.7 Å². The van der Waals surface area contributed by atoms with Gasteiger partial charge in [-0.25, -0.2) is 13.6 Å². The minimum absolute atomic E-state index is 0.178. The van der Waals surface area contributed by atoms with E-state index in [1.807, 2.05) is 6.92 Å². The van der Waals surface area contributed by atoms with Gasteiger partial charge in [-0.15, -0.1) is 0 Å². The van der Waals surface area contributed by atoms with Crippen molar-refractivity contribution in [2.75, 3.05) is 6.54 Å². The zero-order valence-electron chi connectivity index (χ0n) is 13.8. The molecule has 2 aromatic carbocycles. The fraction of sp³-hybridized carbons (Fsp3) is 0.222. The molecule has 0 aliphatic heterocycles. The number of hydrogen-bond acceptors (Lipinski definition) is 2. The van der Waals surface area contributed by atoms with Crippen LogP contribution in [0.15, 0.2) is 42.5 Å². The number of halogens is 2. The zero-order valence-corrected chi connectivity index (χ0v) is 13.8. The summed E-state index contributed by atoms with van der Waals surface area (Å²) in [4.78, 5) is 24.8. The predicted molar refractivity (Wildman–Crippen MR) is 89.6 cm³/mol. The van der Waals surface area contributed by atoms with E-state index >= 15 is 0 Å². The van der Waals surface area contributed by atoms with Crippen molar-refractivity contribution in [1.82, 2.24) is 10.2 Å². The molecule has 0 atom stereocenters. The van der Waals surface area contributed by atoms with Gasteiger partial charge < -0.3 is 16.0 Å². The molecular weight excluding hydrogens is 328 g/mol. The Bertz CT molecular complexity index is 763. The fourth-order valence-corrected chi connectivity index (χ4v) is 2.32. The Morgan fingerprint density at radius 3 is 2.24 bits per heavy atom. The lowest BCUT2D eigenvalue weighted by atomic mass is 10.1. The lowest BCUT2D eigenvalue weighted by Crippen LogP contribution is -2.30. The van der Waals surface area contributed by atoms with Gasteiger partial charge in [0.1, 0.15) is 0 Å². The number of nitrogens with two attached hydrogens (primary N) is 1. The van der Waals surface area contributed by atoms with Crippen molar-refractivity contribution in [3.8, 4) is 0 Å². The van der Waals surface area contributed by atoms with Gasteiger partial charge in [0.05, 0.1) is 0 Å². The molecule has 2 rings (SSSR count). The average Bonchev–Trinajstić information content (AvgIpc) is 2.60. The molecular formula is C18H19F2N3O2. The first-order valence-corrected chi connectivity index (χ1v) is 7.76. The smallest absolute Gasteiger partial charge is 0.312 e. The van der Waals surface area contributed by atoms with Gasteiger partial charge in [-0.2, -0.15) is 0 Å². The van der Waals surface area contributed by atoms with E-state index in [1.54, 1.807) is 24.3 Å². The van der Waals surface area contributed by atoms with Crippen LogP contribution in [-0.4, -0.2) is 23.4 Å². The van der Waals surface area contributed by atoms with Gasteiger partial charge in [-0.1, -0.05) is 18.2 Å². The number of nitrogens with one attached hydrogen (secondary N) is 1. The van der Waals surface area contributed by atoms with Gasteiger partial charge >= 0.3 is 6.03 Å². The Kier molecular flexibility index (Phi) is 6.05. The minimum Gasteiger partial charge on any atom is -0.352 e. The highest BCUT2D eigenvalue weighted by Crippen LogP contribution is 2.14. The number of carbonyl (C=O) groups excluding carboxylic acids is 2. The molecule has 132 valence electrons. The maximum Gasteiger partial charge on any atom is 0.312 e. The van der Waals surface area contributed by atoms with Crippen molar-refractivity contribution in [3.05, 3.63) is 70.8 Å². The SMILES string of the molecule is CCN(Cc1ccc(F)c(F)c1)C(=O)c1ccc(CNC(N)=O)cc1. The average molecular weight is 347 g/mol. The Morgan fingerprint density at radius 1 is 1.04 bits per heavy atom. The van der Waals surface area contributed by atoms with Crippen LogP contribution in [0, 0.1) is 11.6 Å². The predicted octanol–water partition coefficient (Wildman–Crippen LogP) is 2.80. The van der Waals surface area contributed by atoms with Crippen LogP contribution < -0.4 is 11.1 Å². The Morgan fingerprint density at radius 2 is 1.68 bits per heavy atom. The number of primary amides is 1. The summed E-state index contributed by atoms with van der Waals surface area (Å²) < 4.78 is 26.3. The fourth-order valence-electron chi connectivity index (χ4n) is 2.32. The van der Waals surface area contributed by atoms with Crippen molar-refractivity contribution in [3.63, 3.8) is 0 Å². The van der Waals surface area contributed by atoms with Gasteiger partial charge in [-0.05, 0) is 42.3 Å². The molecule has 0 saturated carbocycles. The van der Waals surface area contributed by atoms with Crippen molar-refractivity contribution >= 4 is 11.9 Å². The van der Waals surface area contributed by atoms with Gasteiger partial charge in [0.25, 0.3) is 5.91 Å². The van der Waals surface area contributed by atoms with E-state index in [1.165, 1.54) is 11.0 Å². The summed E-state index contributed by atoms with van der Waals surface area (Å²) in [6.07, 6.45) is 0. The summed E-state index contributed by atoms with van der Waals surface area (Å²) in [7, 11) is 0. The van der Waals surface area contributed by atoms with Crippen LogP contribution in [0.3, 0.4) is 0 Å². The largest absolute Gasteiger partial charge is 0.352 e. The van der Waals surface area contributed by atoms with E-state index in [9.17, 15) is 18.4 Å². The third-order valence-electron chi connectivity index (χ3n) is 3.69. The van der Waals surface area contributed by atoms with E-state index in [2.05, 4.69) is 5.32 Å². The standard InChI is InChI=1S/C18H19F2N3O2/c1-2-23(11-13-5-8-15(19)16(20)9-13)17(24)14-6-3-12(4-7-14)10-22-18(21)25/h3-9H,2,10-11H2,1H3,(H3,21,22,25). The lowest BCUT2D eigenvalue weighted by molar-refractivity contribution is 0.0752. The summed E-state index contributed by atoms with van der Waals surface area (Å²) in [5, 5.41) is 2.46. The molecule has 0 aliphatic rings. The molecule has 7 heteroatoms. The summed E-state index contributed by atoms with van der Waals surface area (Å²) in [5.41, 5.74) is 6.79. The molecule has 0 heterocycles. The third kappa shape index (κ3) is 5.00. The van der Waals surface area contributed by atoms with E-state index in [-0.39, 0.29) is 19.0 Å².